The molecule has 0 spiro atoms. The Morgan fingerprint density at radius 1 is 0.912 bits per heavy atom. The first-order valence-electron chi connectivity index (χ1n) is 10.6. The van der Waals surface area contributed by atoms with Crippen molar-refractivity contribution >= 4 is 40.0 Å². The first-order valence-corrected chi connectivity index (χ1v) is 11.8. The zero-order valence-corrected chi connectivity index (χ0v) is 20.0. The van der Waals surface area contributed by atoms with Crippen molar-refractivity contribution in [2.24, 2.45) is 0 Å². The van der Waals surface area contributed by atoms with Gasteiger partial charge in [0.05, 0.1) is 18.8 Å². The van der Waals surface area contributed by atoms with Crippen molar-refractivity contribution in [1.82, 2.24) is 4.98 Å². The molecule has 0 fully saturated rings. The van der Waals surface area contributed by atoms with E-state index in [2.05, 4.69) is 5.32 Å². The number of furan rings is 1. The van der Waals surface area contributed by atoms with Gasteiger partial charge in [0.25, 0.3) is 0 Å². The summed E-state index contributed by atoms with van der Waals surface area (Å²) >= 11 is 7.30. The number of ether oxygens (including phenoxy) is 2. The number of halogens is 1. The maximum absolute atomic E-state index is 12.1. The van der Waals surface area contributed by atoms with Gasteiger partial charge in [0.15, 0.2) is 10.8 Å². The molecule has 0 aliphatic rings. The Labute approximate surface area is 205 Å². The molecule has 0 unspecified atom stereocenters. The van der Waals surface area contributed by atoms with Crippen LogP contribution in [0, 0.1) is 0 Å². The Balaban J connectivity index is 1.64. The maximum Gasteiger partial charge on any atom is 0.412 e. The Morgan fingerprint density at radius 3 is 2.24 bits per heavy atom. The molecule has 9 heteroatoms. The first kappa shape index (κ1) is 23.5. The lowest BCUT2D eigenvalue weighted by atomic mass is 10.1. The Kier molecular flexibility index (Phi) is 7.30. The minimum Gasteiger partial charge on any atom is -0.462 e. The first-order chi connectivity index (χ1) is 16.5. The van der Waals surface area contributed by atoms with Crippen molar-refractivity contribution in [2.45, 2.75) is 13.8 Å². The smallest absolute Gasteiger partial charge is 0.412 e. The summed E-state index contributed by atoms with van der Waals surface area (Å²) in [6.07, 6.45) is -0.560. The van der Waals surface area contributed by atoms with Gasteiger partial charge in [0.1, 0.15) is 16.5 Å². The third-order valence-corrected chi connectivity index (χ3v) is 5.97. The van der Waals surface area contributed by atoms with E-state index in [1.54, 1.807) is 50.2 Å². The molecule has 0 aliphatic carbocycles. The predicted octanol–water partition coefficient (Wildman–Crippen LogP) is 7.14. The molecule has 4 rings (SSSR count). The number of carbonyl (C=O) groups excluding carboxylic acids is 2. The van der Waals surface area contributed by atoms with Crippen LogP contribution in [0.25, 0.3) is 33.3 Å². The number of amides is 1. The molecule has 4 aromatic rings. The molecule has 0 atom stereocenters. The quantitative estimate of drug-likeness (QED) is 0.273. The van der Waals surface area contributed by atoms with E-state index < -0.39 is 6.09 Å². The molecule has 34 heavy (non-hydrogen) atoms. The number of esters is 1. The molecule has 2 aromatic heterocycles. The largest absolute Gasteiger partial charge is 0.462 e. The summed E-state index contributed by atoms with van der Waals surface area (Å²) in [6.45, 7) is 4.08. The molecule has 2 heterocycles. The van der Waals surface area contributed by atoms with Crippen LogP contribution in [-0.2, 0) is 9.47 Å². The molecule has 174 valence electrons. The van der Waals surface area contributed by atoms with Crippen molar-refractivity contribution < 1.29 is 23.5 Å². The van der Waals surface area contributed by atoms with Gasteiger partial charge < -0.3 is 13.9 Å². The zero-order valence-electron chi connectivity index (χ0n) is 18.5. The molecular formula is C25H21ClN2O5S. The van der Waals surface area contributed by atoms with Gasteiger partial charge in [0, 0.05) is 16.1 Å². The van der Waals surface area contributed by atoms with Crippen molar-refractivity contribution in [3.05, 3.63) is 71.2 Å². The lowest BCUT2D eigenvalue weighted by Gasteiger charge is -2.05. The molecule has 7 nitrogen and oxygen atoms in total. The number of aromatic nitrogens is 1. The molecule has 2 aromatic carbocycles. The summed E-state index contributed by atoms with van der Waals surface area (Å²) in [7, 11) is 0. The number of hydrogen-bond donors (Lipinski definition) is 1. The minimum atomic E-state index is -0.560. The predicted molar refractivity (Wildman–Crippen MR) is 132 cm³/mol. The van der Waals surface area contributed by atoms with E-state index in [0.29, 0.717) is 44.4 Å². The molecular weight excluding hydrogens is 476 g/mol. The number of nitrogens with zero attached hydrogens (tertiary/aromatic N) is 1. The van der Waals surface area contributed by atoms with Crippen LogP contribution in [0.15, 0.2) is 65.1 Å². The second-order valence-electron chi connectivity index (χ2n) is 7.01. The molecule has 0 bridgehead atoms. The van der Waals surface area contributed by atoms with Gasteiger partial charge in [0.2, 0.25) is 0 Å². The van der Waals surface area contributed by atoms with E-state index in [-0.39, 0.29) is 12.6 Å². The van der Waals surface area contributed by atoms with E-state index in [0.717, 1.165) is 11.1 Å². The van der Waals surface area contributed by atoms with E-state index >= 15 is 0 Å². The van der Waals surface area contributed by atoms with Gasteiger partial charge in [-0.15, -0.1) is 0 Å². The highest BCUT2D eigenvalue weighted by Crippen LogP contribution is 2.40. The van der Waals surface area contributed by atoms with Crippen LogP contribution in [-0.4, -0.2) is 30.3 Å². The molecule has 1 N–H and O–H groups in total. The minimum absolute atomic E-state index is 0.254. The van der Waals surface area contributed by atoms with Crippen LogP contribution in [0.3, 0.4) is 0 Å². The Hall–Kier alpha value is -3.62. The summed E-state index contributed by atoms with van der Waals surface area (Å²) in [4.78, 5) is 28.6. The average molecular weight is 497 g/mol. The number of anilines is 1. The van der Waals surface area contributed by atoms with Crippen LogP contribution >= 0.6 is 22.9 Å². The molecule has 0 aliphatic heterocycles. The topological polar surface area (TPSA) is 90.7 Å². The zero-order chi connectivity index (χ0) is 24.1. The van der Waals surface area contributed by atoms with E-state index in [9.17, 15) is 9.59 Å². The lowest BCUT2D eigenvalue weighted by Crippen LogP contribution is -2.12. The monoisotopic (exact) mass is 496 g/mol. The van der Waals surface area contributed by atoms with Crippen molar-refractivity contribution in [3.8, 4) is 33.3 Å². The Morgan fingerprint density at radius 2 is 1.56 bits per heavy atom. The van der Waals surface area contributed by atoms with Crippen LogP contribution in [0.1, 0.15) is 24.2 Å². The summed E-state index contributed by atoms with van der Waals surface area (Å²) < 4.78 is 16.1. The van der Waals surface area contributed by atoms with Crippen molar-refractivity contribution in [2.75, 3.05) is 18.5 Å². The summed E-state index contributed by atoms with van der Waals surface area (Å²) in [6, 6.07) is 17.8. The van der Waals surface area contributed by atoms with Crippen molar-refractivity contribution in [1.29, 1.82) is 0 Å². The normalized spacial score (nSPS) is 10.7. The molecule has 0 radical (unpaired) electrons. The van der Waals surface area contributed by atoms with E-state index in [1.807, 2.05) is 24.3 Å². The van der Waals surface area contributed by atoms with Crippen LogP contribution in [0.5, 0.6) is 0 Å². The SMILES string of the molecule is CCOC(=O)Nc1sc(-c2ccc(-c3ccc(C(=O)OCC)cc3)o2)nc1-c1ccc(Cl)cc1. The van der Waals surface area contributed by atoms with Crippen LogP contribution in [0.2, 0.25) is 5.02 Å². The highest BCUT2D eigenvalue weighted by atomic mass is 35.5. The fourth-order valence-electron chi connectivity index (χ4n) is 3.17. The maximum atomic E-state index is 12.1. The van der Waals surface area contributed by atoms with Gasteiger partial charge in [-0.2, -0.15) is 0 Å². The third kappa shape index (κ3) is 5.30. The van der Waals surface area contributed by atoms with Gasteiger partial charge in [-0.1, -0.05) is 47.2 Å². The van der Waals surface area contributed by atoms with Crippen LogP contribution < -0.4 is 5.32 Å². The average Bonchev–Trinajstić information content (AvgIpc) is 3.48. The van der Waals surface area contributed by atoms with E-state index in [1.165, 1.54) is 11.3 Å². The Bertz CT molecular complexity index is 1300. The number of rotatable bonds is 7. The van der Waals surface area contributed by atoms with Gasteiger partial charge >= 0.3 is 12.1 Å². The van der Waals surface area contributed by atoms with E-state index in [4.69, 9.17) is 30.5 Å². The number of carbonyl (C=O) groups is 2. The fraction of sp³-hybridized carbons (Fsp3) is 0.160. The summed E-state index contributed by atoms with van der Waals surface area (Å²) in [5.74, 6) is 0.795. The summed E-state index contributed by atoms with van der Waals surface area (Å²) in [5, 5.41) is 4.48. The molecule has 0 saturated carbocycles. The third-order valence-electron chi connectivity index (χ3n) is 4.73. The van der Waals surface area contributed by atoms with Gasteiger partial charge in [-0.05, 0) is 50.2 Å². The highest BCUT2D eigenvalue weighted by Gasteiger charge is 2.19. The standard InChI is InChI=1S/C25H21ClN2O5S/c1-3-31-24(29)17-7-5-15(6-8-17)19-13-14-20(33-19)22-27-21(16-9-11-18(26)12-10-16)23(34-22)28-25(30)32-4-2/h5-14H,3-4H2,1-2H3,(H,28,30). The second kappa shape index (κ2) is 10.5. The van der Waals surface area contributed by atoms with Crippen molar-refractivity contribution in [3.63, 3.8) is 0 Å². The number of nitrogens with one attached hydrogen (secondary N) is 1. The lowest BCUT2D eigenvalue weighted by molar-refractivity contribution is 0.0526. The second-order valence-corrected chi connectivity index (χ2v) is 8.45. The number of hydrogen-bond acceptors (Lipinski definition) is 7. The summed E-state index contributed by atoms with van der Waals surface area (Å²) in [5.41, 5.74) is 2.65. The fourth-order valence-corrected chi connectivity index (χ4v) is 4.23. The molecule has 0 saturated heterocycles. The molecule has 1 amide bonds. The highest BCUT2D eigenvalue weighted by molar-refractivity contribution is 7.19. The van der Waals surface area contributed by atoms with Gasteiger partial charge in [-0.3, -0.25) is 5.32 Å². The van der Waals surface area contributed by atoms with Crippen LogP contribution in [0.4, 0.5) is 9.80 Å². The van der Waals surface area contributed by atoms with Gasteiger partial charge in [-0.25, -0.2) is 14.6 Å². The number of thiazole rings is 1. The number of benzene rings is 2.